The molecule has 0 aliphatic heterocycles. The first kappa shape index (κ1) is 13.9. The van der Waals surface area contributed by atoms with Gasteiger partial charge in [-0.15, -0.1) is 0 Å². The molecule has 5 heteroatoms. The monoisotopic (exact) mass is 273 g/mol. The molecule has 5 nitrogen and oxygen atoms in total. The van der Waals surface area contributed by atoms with Gasteiger partial charge in [0.2, 0.25) is 0 Å². The number of aromatic nitrogens is 1. The smallest absolute Gasteiger partial charge is 0.338 e. The summed E-state index contributed by atoms with van der Waals surface area (Å²) in [6.45, 7) is 1.37. The number of rotatable bonds is 4. The van der Waals surface area contributed by atoms with Crippen LogP contribution >= 0.6 is 0 Å². The fraction of sp³-hybridized carbons (Fsp3) is 0.200. The van der Waals surface area contributed by atoms with Crippen LogP contribution in [0.4, 0.5) is 0 Å². The van der Waals surface area contributed by atoms with Gasteiger partial charge in [0.1, 0.15) is 6.61 Å². The van der Waals surface area contributed by atoms with Crippen molar-refractivity contribution < 1.29 is 19.1 Å². The maximum atomic E-state index is 11.8. The van der Waals surface area contributed by atoms with Gasteiger partial charge in [-0.1, -0.05) is 6.07 Å². The molecule has 1 heterocycles. The van der Waals surface area contributed by atoms with Crippen molar-refractivity contribution >= 4 is 11.9 Å². The van der Waals surface area contributed by atoms with E-state index >= 15 is 0 Å². The van der Waals surface area contributed by atoms with Crippen LogP contribution in [0.5, 0.6) is 0 Å². The van der Waals surface area contributed by atoms with Crippen molar-refractivity contribution in [3.05, 3.63) is 53.9 Å². The van der Waals surface area contributed by atoms with Gasteiger partial charge in [0.25, 0.3) is 0 Å². The summed E-state index contributed by atoms with van der Waals surface area (Å²) >= 11 is 0. The van der Waals surface area contributed by atoms with Crippen molar-refractivity contribution in [1.29, 1.82) is 0 Å². The Bertz CT molecular complexity index is 617. The highest BCUT2D eigenvalue weighted by Gasteiger charge is 2.14. The first-order valence-electron chi connectivity index (χ1n) is 6.10. The van der Waals surface area contributed by atoms with Crippen molar-refractivity contribution in [1.82, 2.24) is 4.57 Å². The summed E-state index contributed by atoms with van der Waals surface area (Å²) in [5.74, 6) is -0.850. The number of hydrogen-bond acceptors (Lipinski definition) is 4. The van der Waals surface area contributed by atoms with Gasteiger partial charge in [0.05, 0.1) is 12.7 Å². The molecule has 1 aromatic carbocycles. The molecule has 104 valence electrons. The van der Waals surface area contributed by atoms with Crippen molar-refractivity contribution in [2.45, 2.75) is 13.5 Å². The fourth-order valence-corrected chi connectivity index (χ4v) is 1.84. The molecule has 0 bridgehead atoms. The Morgan fingerprint density at radius 2 is 1.90 bits per heavy atom. The molecule has 0 atom stereocenters. The van der Waals surface area contributed by atoms with Gasteiger partial charge in [0.15, 0.2) is 0 Å². The number of carbonyl (C=O) groups is 2. The maximum absolute atomic E-state index is 11.8. The van der Waals surface area contributed by atoms with Gasteiger partial charge in [-0.3, -0.25) is 4.79 Å². The summed E-state index contributed by atoms with van der Waals surface area (Å²) in [7, 11) is 1.32. The SMILES string of the molecule is COC(=O)c1cc(-n2cccc2)ccc1COC(C)=O. The second kappa shape index (κ2) is 6.06. The lowest BCUT2D eigenvalue weighted by Gasteiger charge is -2.11. The van der Waals surface area contributed by atoms with Gasteiger partial charge in [-0.2, -0.15) is 0 Å². The third kappa shape index (κ3) is 3.06. The van der Waals surface area contributed by atoms with Crippen LogP contribution in [0, 0.1) is 0 Å². The molecule has 0 N–H and O–H groups in total. The minimum absolute atomic E-state index is 0.0473. The Kier molecular flexibility index (Phi) is 4.20. The molecule has 0 fully saturated rings. The average molecular weight is 273 g/mol. The van der Waals surface area contributed by atoms with E-state index in [-0.39, 0.29) is 6.61 Å². The lowest BCUT2D eigenvalue weighted by molar-refractivity contribution is -0.142. The summed E-state index contributed by atoms with van der Waals surface area (Å²) in [6.07, 6.45) is 3.75. The van der Waals surface area contributed by atoms with Gasteiger partial charge >= 0.3 is 11.9 Å². The number of carbonyl (C=O) groups excluding carboxylic acids is 2. The molecule has 0 aliphatic rings. The van der Waals surface area contributed by atoms with E-state index in [9.17, 15) is 9.59 Å². The maximum Gasteiger partial charge on any atom is 0.338 e. The van der Waals surface area contributed by atoms with Crippen LogP contribution in [0.3, 0.4) is 0 Å². The zero-order chi connectivity index (χ0) is 14.5. The van der Waals surface area contributed by atoms with E-state index in [1.807, 2.05) is 35.2 Å². The van der Waals surface area contributed by atoms with Crippen molar-refractivity contribution in [2.24, 2.45) is 0 Å². The third-order valence-corrected chi connectivity index (χ3v) is 2.83. The summed E-state index contributed by atoms with van der Waals surface area (Å²) in [5.41, 5.74) is 1.84. The Morgan fingerprint density at radius 3 is 2.50 bits per heavy atom. The molecule has 0 radical (unpaired) electrons. The Hall–Kier alpha value is -2.56. The van der Waals surface area contributed by atoms with Crippen LogP contribution in [0.25, 0.3) is 5.69 Å². The summed E-state index contributed by atoms with van der Waals surface area (Å²) < 4.78 is 11.6. The molecule has 0 saturated heterocycles. The minimum Gasteiger partial charge on any atom is -0.465 e. The molecule has 0 unspecified atom stereocenters. The number of esters is 2. The average Bonchev–Trinajstić information content (AvgIpc) is 2.98. The number of methoxy groups -OCH3 is 1. The molecule has 0 spiro atoms. The molecule has 2 aromatic rings. The van der Waals surface area contributed by atoms with Gasteiger partial charge in [-0.25, -0.2) is 4.79 Å². The molecule has 20 heavy (non-hydrogen) atoms. The number of nitrogens with zero attached hydrogens (tertiary/aromatic N) is 1. The lowest BCUT2D eigenvalue weighted by Crippen LogP contribution is -2.09. The predicted molar refractivity (Wildman–Crippen MR) is 72.6 cm³/mol. The van der Waals surface area contributed by atoms with Crippen LogP contribution in [-0.4, -0.2) is 23.6 Å². The van der Waals surface area contributed by atoms with Gasteiger partial charge in [-0.05, 0) is 24.3 Å². The van der Waals surface area contributed by atoms with E-state index in [1.54, 1.807) is 12.1 Å². The van der Waals surface area contributed by atoms with Crippen LogP contribution in [0.15, 0.2) is 42.7 Å². The van der Waals surface area contributed by atoms with E-state index in [0.29, 0.717) is 11.1 Å². The first-order valence-corrected chi connectivity index (χ1v) is 6.10. The van der Waals surface area contributed by atoms with E-state index in [4.69, 9.17) is 9.47 Å². The summed E-state index contributed by atoms with van der Waals surface area (Å²) in [5, 5.41) is 0. The first-order chi connectivity index (χ1) is 9.61. The molecule has 2 rings (SSSR count). The van der Waals surface area contributed by atoms with Crippen molar-refractivity contribution in [3.63, 3.8) is 0 Å². The fourth-order valence-electron chi connectivity index (χ4n) is 1.84. The normalized spacial score (nSPS) is 10.1. The Morgan fingerprint density at radius 1 is 1.20 bits per heavy atom. The third-order valence-electron chi connectivity index (χ3n) is 2.83. The predicted octanol–water partition coefficient (Wildman–Crippen LogP) is 2.33. The van der Waals surface area contributed by atoms with Crippen LogP contribution in [-0.2, 0) is 20.9 Å². The quantitative estimate of drug-likeness (QED) is 0.802. The highest BCUT2D eigenvalue weighted by molar-refractivity contribution is 5.91. The largest absolute Gasteiger partial charge is 0.465 e. The Labute approximate surface area is 116 Å². The highest BCUT2D eigenvalue weighted by atomic mass is 16.5. The molecule has 0 saturated carbocycles. The van der Waals surface area contributed by atoms with Crippen LogP contribution in [0.1, 0.15) is 22.8 Å². The molecular formula is C15H15NO4. The van der Waals surface area contributed by atoms with Gasteiger partial charge in [0, 0.05) is 30.6 Å². The zero-order valence-corrected chi connectivity index (χ0v) is 11.3. The van der Waals surface area contributed by atoms with E-state index in [1.165, 1.54) is 14.0 Å². The summed E-state index contributed by atoms with van der Waals surface area (Å²) in [6, 6.07) is 9.11. The highest BCUT2D eigenvalue weighted by Crippen LogP contribution is 2.18. The molecule has 1 aromatic heterocycles. The van der Waals surface area contributed by atoms with Crippen molar-refractivity contribution in [3.8, 4) is 5.69 Å². The molecular weight excluding hydrogens is 258 g/mol. The Balaban J connectivity index is 2.37. The van der Waals surface area contributed by atoms with E-state index in [2.05, 4.69) is 0 Å². The van der Waals surface area contributed by atoms with Crippen LogP contribution < -0.4 is 0 Å². The van der Waals surface area contributed by atoms with Crippen molar-refractivity contribution in [2.75, 3.05) is 7.11 Å². The lowest BCUT2D eigenvalue weighted by atomic mass is 10.1. The number of ether oxygens (including phenoxy) is 2. The topological polar surface area (TPSA) is 57.5 Å². The van der Waals surface area contributed by atoms with E-state index < -0.39 is 11.9 Å². The molecule has 0 aliphatic carbocycles. The zero-order valence-electron chi connectivity index (χ0n) is 11.3. The second-order valence-corrected chi connectivity index (χ2v) is 4.20. The number of benzene rings is 1. The number of hydrogen-bond donors (Lipinski definition) is 0. The van der Waals surface area contributed by atoms with Crippen LogP contribution in [0.2, 0.25) is 0 Å². The standard InChI is InChI=1S/C15H15NO4/c1-11(17)20-10-12-5-6-13(16-7-3-4-8-16)9-14(12)15(18)19-2/h3-9H,10H2,1-2H3. The summed E-state index contributed by atoms with van der Waals surface area (Å²) in [4.78, 5) is 22.7. The van der Waals surface area contributed by atoms with E-state index in [0.717, 1.165) is 5.69 Å². The minimum atomic E-state index is -0.457. The second-order valence-electron chi connectivity index (χ2n) is 4.20. The molecule has 0 amide bonds. The van der Waals surface area contributed by atoms with Gasteiger partial charge < -0.3 is 14.0 Å².